The van der Waals surface area contributed by atoms with Crippen LogP contribution in [-0.4, -0.2) is 28.3 Å². The first kappa shape index (κ1) is 13.1. The summed E-state index contributed by atoms with van der Waals surface area (Å²) in [5.74, 6) is 0.242. The third kappa shape index (κ3) is 3.26. The summed E-state index contributed by atoms with van der Waals surface area (Å²) in [6.45, 7) is 13.5. The SMILES string of the molecule is CC(C)(C)N/C=C1\C(=O)CCN1C(C)(C)C. The van der Waals surface area contributed by atoms with Crippen molar-refractivity contribution in [2.75, 3.05) is 6.54 Å². The van der Waals surface area contributed by atoms with E-state index in [1.54, 1.807) is 0 Å². The van der Waals surface area contributed by atoms with Crippen molar-refractivity contribution >= 4 is 5.78 Å². The lowest BCUT2D eigenvalue weighted by molar-refractivity contribution is -0.114. The van der Waals surface area contributed by atoms with E-state index in [0.717, 1.165) is 12.2 Å². The average Bonchev–Trinajstić information content (AvgIpc) is 2.41. The zero-order valence-electron chi connectivity index (χ0n) is 11.3. The summed E-state index contributed by atoms with van der Waals surface area (Å²) in [6.07, 6.45) is 2.51. The van der Waals surface area contributed by atoms with Crippen molar-refractivity contribution < 1.29 is 4.79 Å². The molecule has 1 N–H and O–H groups in total. The van der Waals surface area contributed by atoms with Crippen LogP contribution in [0.4, 0.5) is 0 Å². The predicted molar refractivity (Wildman–Crippen MR) is 67.1 cm³/mol. The molecule has 0 aromatic rings. The molecule has 0 aliphatic carbocycles. The van der Waals surface area contributed by atoms with Gasteiger partial charge in [-0.1, -0.05) is 0 Å². The van der Waals surface area contributed by atoms with E-state index in [0.29, 0.717) is 6.42 Å². The summed E-state index contributed by atoms with van der Waals surface area (Å²) in [5, 5.41) is 3.27. The van der Waals surface area contributed by atoms with Gasteiger partial charge >= 0.3 is 0 Å². The van der Waals surface area contributed by atoms with E-state index in [4.69, 9.17) is 0 Å². The number of nitrogens with one attached hydrogen (secondary N) is 1. The lowest BCUT2D eigenvalue weighted by atomic mass is 10.1. The molecule has 1 aliphatic rings. The van der Waals surface area contributed by atoms with E-state index in [1.165, 1.54) is 0 Å². The summed E-state index contributed by atoms with van der Waals surface area (Å²) in [7, 11) is 0. The van der Waals surface area contributed by atoms with Crippen LogP contribution in [0.5, 0.6) is 0 Å². The first-order valence-corrected chi connectivity index (χ1v) is 5.90. The Kier molecular flexibility index (Phi) is 3.36. The number of carbonyl (C=O) groups excluding carboxylic acids is 1. The minimum atomic E-state index is -0.000571. The van der Waals surface area contributed by atoms with Gasteiger partial charge in [-0.2, -0.15) is 0 Å². The zero-order chi connectivity index (χ0) is 12.6. The van der Waals surface area contributed by atoms with Gasteiger partial charge in [-0.15, -0.1) is 0 Å². The Labute approximate surface area is 98.9 Å². The van der Waals surface area contributed by atoms with Crippen molar-refractivity contribution in [1.29, 1.82) is 0 Å². The molecule has 0 bridgehead atoms. The quantitative estimate of drug-likeness (QED) is 0.694. The minimum Gasteiger partial charge on any atom is -0.385 e. The van der Waals surface area contributed by atoms with Gasteiger partial charge in [0, 0.05) is 30.2 Å². The molecule has 1 rings (SSSR count). The Hall–Kier alpha value is -0.990. The summed E-state index contributed by atoms with van der Waals surface area (Å²) in [5.41, 5.74) is 0.833. The van der Waals surface area contributed by atoms with Gasteiger partial charge < -0.3 is 10.2 Å². The third-order valence-electron chi connectivity index (χ3n) is 2.59. The number of hydrogen-bond donors (Lipinski definition) is 1. The van der Waals surface area contributed by atoms with Gasteiger partial charge in [-0.3, -0.25) is 4.79 Å². The smallest absolute Gasteiger partial charge is 0.182 e. The van der Waals surface area contributed by atoms with Crippen LogP contribution >= 0.6 is 0 Å². The molecule has 3 heteroatoms. The molecule has 0 unspecified atom stereocenters. The summed E-state index contributed by atoms with van der Waals surface area (Å²) >= 11 is 0. The van der Waals surface area contributed by atoms with Gasteiger partial charge in [-0.05, 0) is 41.5 Å². The standard InChI is InChI=1S/C13H24N2O/c1-12(2,3)14-9-10-11(16)7-8-15(10)13(4,5)6/h9,14H,7-8H2,1-6H3/b10-9+. The molecule has 0 amide bonds. The topological polar surface area (TPSA) is 32.3 Å². The van der Waals surface area contributed by atoms with E-state index in [1.807, 2.05) is 6.20 Å². The second-order valence-corrected chi connectivity index (χ2v) is 6.42. The maximum atomic E-state index is 11.8. The molecule has 0 radical (unpaired) electrons. The Morgan fingerprint density at radius 2 is 1.75 bits per heavy atom. The highest BCUT2D eigenvalue weighted by atomic mass is 16.1. The molecular formula is C13H24N2O. The van der Waals surface area contributed by atoms with Crippen molar-refractivity contribution in [2.45, 2.75) is 59.0 Å². The zero-order valence-corrected chi connectivity index (χ0v) is 11.3. The van der Waals surface area contributed by atoms with Gasteiger partial charge in [0.15, 0.2) is 5.78 Å². The van der Waals surface area contributed by atoms with Crippen LogP contribution < -0.4 is 5.32 Å². The fourth-order valence-electron chi connectivity index (χ4n) is 1.75. The number of nitrogens with zero attached hydrogens (tertiary/aromatic N) is 1. The van der Waals surface area contributed by atoms with Gasteiger partial charge in [0.05, 0.1) is 5.70 Å². The van der Waals surface area contributed by atoms with Crippen molar-refractivity contribution in [3.05, 3.63) is 11.9 Å². The predicted octanol–water partition coefficient (Wildman–Crippen LogP) is 2.29. The van der Waals surface area contributed by atoms with Gasteiger partial charge in [-0.25, -0.2) is 0 Å². The Morgan fingerprint density at radius 3 is 2.19 bits per heavy atom. The summed E-state index contributed by atoms with van der Waals surface area (Å²) in [4.78, 5) is 14.0. The molecule has 0 aromatic carbocycles. The molecule has 16 heavy (non-hydrogen) atoms. The van der Waals surface area contributed by atoms with Crippen LogP contribution in [0, 0.1) is 0 Å². The van der Waals surface area contributed by atoms with E-state index >= 15 is 0 Å². The first-order valence-electron chi connectivity index (χ1n) is 5.90. The summed E-state index contributed by atoms with van der Waals surface area (Å²) in [6, 6.07) is 0. The molecule has 1 fully saturated rings. The molecule has 0 aromatic heterocycles. The Balaban J connectivity index is 2.86. The lowest BCUT2D eigenvalue weighted by Gasteiger charge is -2.34. The molecule has 0 spiro atoms. The molecule has 0 atom stereocenters. The van der Waals surface area contributed by atoms with E-state index < -0.39 is 0 Å². The second kappa shape index (κ2) is 4.11. The summed E-state index contributed by atoms with van der Waals surface area (Å²) < 4.78 is 0. The molecule has 1 heterocycles. The molecular weight excluding hydrogens is 200 g/mol. The van der Waals surface area contributed by atoms with Crippen LogP contribution in [0.25, 0.3) is 0 Å². The highest BCUT2D eigenvalue weighted by Gasteiger charge is 2.33. The number of ketones is 1. The number of rotatable bonds is 1. The number of likely N-dealkylation sites (tertiary alicyclic amines) is 1. The van der Waals surface area contributed by atoms with Crippen molar-refractivity contribution in [3.8, 4) is 0 Å². The Bertz CT molecular complexity index is 305. The van der Waals surface area contributed by atoms with Crippen LogP contribution in [0.1, 0.15) is 48.0 Å². The highest BCUT2D eigenvalue weighted by Crippen LogP contribution is 2.26. The number of hydrogen-bond acceptors (Lipinski definition) is 3. The number of Topliss-reactive ketones (excluding diaryl/α,β-unsaturated/α-hetero) is 1. The van der Waals surface area contributed by atoms with Gasteiger partial charge in [0.1, 0.15) is 0 Å². The van der Waals surface area contributed by atoms with Gasteiger partial charge in [0.2, 0.25) is 0 Å². The van der Waals surface area contributed by atoms with Crippen molar-refractivity contribution in [1.82, 2.24) is 10.2 Å². The molecule has 1 aliphatic heterocycles. The van der Waals surface area contributed by atoms with Crippen LogP contribution in [0.15, 0.2) is 11.9 Å². The van der Waals surface area contributed by atoms with E-state index in [-0.39, 0.29) is 16.9 Å². The molecule has 1 saturated heterocycles. The second-order valence-electron chi connectivity index (χ2n) is 6.42. The van der Waals surface area contributed by atoms with Crippen LogP contribution in [0.2, 0.25) is 0 Å². The highest BCUT2D eigenvalue weighted by molar-refractivity contribution is 5.97. The maximum Gasteiger partial charge on any atom is 0.182 e. The van der Waals surface area contributed by atoms with Crippen LogP contribution in [-0.2, 0) is 4.79 Å². The van der Waals surface area contributed by atoms with E-state index in [2.05, 4.69) is 51.8 Å². The molecule has 0 saturated carbocycles. The molecule has 92 valence electrons. The number of allylic oxidation sites excluding steroid dienone is 1. The van der Waals surface area contributed by atoms with E-state index in [9.17, 15) is 4.79 Å². The van der Waals surface area contributed by atoms with Crippen molar-refractivity contribution in [2.24, 2.45) is 0 Å². The van der Waals surface area contributed by atoms with Crippen molar-refractivity contribution in [3.63, 3.8) is 0 Å². The maximum absolute atomic E-state index is 11.8. The molecule has 3 nitrogen and oxygen atoms in total. The first-order chi connectivity index (χ1) is 7.11. The van der Waals surface area contributed by atoms with Gasteiger partial charge in [0.25, 0.3) is 0 Å². The fourth-order valence-corrected chi connectivity index (χ4v) is 1.75. The normalized spacial score (nSPS) is 20.8. The van der Waals surface area contributed by atoms with Crippen LogP contribution in [0.3, 0.4) is 0 Å². The number of carbonyl (C=O) groups is 1. The minimum absolute atomic E-state index is 0.000571. The Morgan fingerprint density at radius 1 is 1.19 bits per heavy atom. The largest absolute Gasteiger partial charge is 0.385 e. The monoisotopic (exact) mass is 224 g/mol. The average molecular weight is 224 g/mol. The third-order valence-corrected chi connectivity index (χ3v) is 2.59. The fraction of sp³-hybridized carbons (Fsp3) is 0.769. The lowest BCUT2D eigenvalue weighted by Crippen LogP contribution is -2.40.